The zero-order valence-corrected chi connectivity index (χ0v) is 21.4. The number of benzene rings is 3. The van der Waals surface area contributed by atoms with E-state index >= 15 is 0 Å². The average molecular weight is 499 g/mol. The normalized spacial score (nSPS) is 13.8. The second-order valence-corrected chi connectivity index (χ2v) is 10.2. The van der Waals surface area contributed by atoms with Crippen molar-refractivity contribution in [2.45, 2.75) is 43.6 Å². The Kier molecular flexibility index (Phi) is 7.37. The first-order chi connectivity index (χ1) is 17.6. The molecular weight excluding hydrogens is 468 g/mol. The number of hydrogen-bond acceptors (Lipinski definition) is 5. The van der Waals surface area contributed by atoms with E-state index in [1.54, 1.807) is 0 Å². The van der Waals surface area contributed by atoms with E-state index in [2.05, 4.69) is 45.1 Å². The molecule has 1 amide bonds. The summed E-state index contributed by atoms with van der Waals surface area (Å²) >= 11 is 1.46. The van der Waals surface area contributed by atoms with Crippen molar-refractivity contribution in [3.8, 4) is 11.4 Å². The molecule has 3 aromatic carbocycles. The van der Waals surface area contributed by atoms with Crippen LogP contribution < -0.4 is 4.74 Å². The van der Waals surface area contributed by atoms with Gasteiger partial charge in [0.2, 0.25) is 5.91 Å². The van der Waals surface area contributed by atoms with Gasteiger partial charge in [0.05, 0.1) is 11.9 Å². The van der Waals surface area contributed by atoms with E-state index in [1.807, 2.05) is 67.3 Å². The molecule has 6 nitrogen and oxygen atoms in total. The summed E-state index contributed by atoms with van der Waals surface area (Å²) in [6.45, 7) is 5.95. The van der Waals surface area contributed by atoms with Gasteiger partial charge in [0.15, 0.2) is 5.16 Å². The molecule has 0 fully saturated rings. The van der Waals surface area contributed by atoms with Gasteiger partial charge < -0.3 is 9.64 Å². The Labute approximate surface area is 216 Å². The highest BCUT2D eigenvalue weighted by molar-refractivity contribution is 8.00. The fraction of sp³-hybridized carbons (Fsp3) is 0.276. The number of amides is 1. The molecule has 0 saturated heterocycles. The van der Waals surface area contributed by atoms with Crippen LogP contribution in [0.5, 0.6) is 5.75 Å². The number of carbonyl (C=O) groups excluding carboxylic acids is 1. The van der Waals surface area contributed by atoms with E-state index in [0.717, 1.165) is 35.8 Å². The number of aromatic nitrogens is 3. The summed E-state index contributed by atoms with van der Waals surface area (Å²) in [5.41, 5.74) is 4.67. The Balaban J connectivity index is 1.39. The van der Waals surface area contributed by atoms with Gasteiger partial charge in [0.1, 0.15) is 11.6 Å². The maximum atomic E-state index is 13.4. The van der Waals surface area contributed by atoms with Crippen LogP contribution in [-0.2, 0) is 24.2 Å². The minimum Gasteiger partial charge on any atom is -0.494 e. The van der Waals surface area contributed by atoms with Crippen molar-refractivity contribution in [3.63, 3.8) is 0 Å². The SMILES string of the molecule is CCOc1ccc(-n2c(Cc3ccccc3)nnc2SC(C)C(=O)N2CCc3ccccc3C2)cc1. The lowest BCUT2D eigenvalue weighted by atomic mass is 10.00. The smallest absolute Gasteiger partial charge is 0.236 e. The number of fused-ring (bicyclic) bond motifs is 1. The van der Waals surface area contributed by atoms with Gasteiger partial charge in [-0.1, -0.05) is 66.4 Å². The van der Waals surface area contributed by atoms with Gasteiger partial charge >= 0.3 is 0 Å². The second kappa shape index (κ2) is 11.0. The molecule has 2 heterocycles. The summed E-state index contributed by atoms with van der Waals surface area (Å²) in [7, 11) is 0. The summed E-state index contributed by atoms with van der Waals surface area (Å²) in [6, 6.07) is 26.6. The van der Waals surface area contributed by atoms with Crippen molar-refractivity contribution in [3.05, 3.63) is 101 Å². The Bertz CT molecular complexity index is 1320. The fourth-order valence-corrected chi connectivity index (χ4v) is 5.51. The van der Waals surface area contributed by atoms with Gasteiger partial charge in [-0.25, -0.2) is 0 Å². The number of thioether (sulfide) groups is 1. The van der Waals surface area contributed by atoms with Crippen LogP contribution in [0.15, 0.2) is 84.0 Å². The van der Waals surface area contributed by atoms with E-state index in [9.17, 15) is 4.79 Å². The lowest BCUT2D eigenvalue weighted by Crippen LogP contribution is -2.40. The zero-order valence-electron chi connectivity index (χ0n) is 20.6. The van der Waals surface area contributed by atoms with Crippen LogP contribution in [0.1, 0.15) is 36.4 Å². The van der Waals surface area contributed by atoms with Crippen molar-refractivity contribution < 1.29 is 9.53 Å². The summed E-state index contributed by atoms with van der Waals surface area (Å²) in [4.78, 5) is 15.4. The van der Waals surface area contributed by atoms with Gasteiger partial charge in [-0.2, -0.15) is 0 Å². The molecule has 0 saturated carbocycles. The van der Waals surface area contributed by atoms with Gasteiger partial charge in [0, 0.05) is 25.2 Å². The van der Waals surface area contributed by atoms with Crippen molar-refractivity contribution >= 4 is 17.7 Å². The quantitative estimate of drug-likeness (QED) is 0.308. The largest absolute Gasteiger partial charge is 0.494 e. The van der Waals surface area contributed by atoms with Gasteiger partial charge in [0.25, 0.3) is 0 Å². The van der Waals surface area contributed by atoms with Crippen LogP contribution >= 0.6 is 11.8 Å². The van der Waals surface area contributed by atoms with Crippen LogP contribution in [0.3, 0.4) is 0 Å². The molecule has 1 aromatic heterocycles. The summed E-state index contributed by atoms with van der Waals surface area (Å²) in [5.74, 6) is 1.78. The van der Waals surface area contributed by atoms with E-state index in [1.165, 1.54) is 22.9 Å². The highest BCUT2D eigenvalue weighted by atomic mass is 32.2. The third kappa shape index (κ3) is 5.31. The summed E-state index contributed by atoms with van der Waals surface area (Å²) in [6.07, 6.45) is 1.54. The zero-order chi connectivity index (χ0) is 24.9. The number of hydrogen-bond donors (Lipinski definition) is 0. The van der Waals surface area contributed by atoms with Crippen LogP contribution in [0, 0.1) is 0 Å². The minimum atomic E-state index is -0.287. The number of ether oxygens (including phenoxy) is 1. The number of carbonyl (C=O) groups is 1. The standard InChI is InChI=1S/C29H30N4O2S/c1-3-35-26-15-13-25(14-16-26)33-27(19-22-9-5-4-6-10-22)30-31-29(33)36-21(2)28(34)32-18-17-23-11-7-8-12-24(23)20-32/h4-16,21H,3,17-20H2,1-2H3. The Morgan fingerprint density at radius 1 is 0.972 bits per heavy atom. The third-order valence-electron chi connectivity index (χ3n) is 6.38. The van der Waals surface area contributed by atoms with Crippen molar-refractivity contribution in [2.24, 2.45) is 0 Å². The minimum absolute atomic E-state index is 0.125. The molecule has 5 rings (SSSR count). The summed E-state index contributed by atoms with van der Waals surface area (Å²) in [5, 5.41) is 9.49. The number of nitrogens with zero attached hydrogens (tertiary/aromatic N) is 4. The van der Waals surface area contributed by atoms with Gasteiger partial charge in [-0.05, 0) is 61.2 Å². The molecule has 1 aliphatic heterocycles. The molecule has 4 aromatic rings. The lowest BCUT2D eigenvalue weighted by Gasteiger charge is -2.30. The maximum Gasteiger partial charge on any atom is 0.236 e. The molecule has 0 spiro atoms. The summed E-state index contributed by atoms with van der Waals surface area (Å²) < 4.78 is 7.68. The average Bonchev–Trinajstić information content (AvgIpc) is 3.30. The first kappa shape index (κ1) is 24.1. The van der Waals surface area contributed by atoms with Gasteiger partial charge in [-0.3, -0.25) is 9.36 Å². The van der Waals surface area contributed by atoms with Crippen LogP contribution in [0.4, 0.5) is 0 Å². The molecular formula is C29H30N4O2S. The third-order valence-corrected chi connectivity index (χ3v) is 7.41. The first-order valence-corrected chi connectivity index (χ1v) is 13.2. The fourth-order valence-electron chi connectivity index (χ4n) is 4.54. The molecule has 36 heavy (non-hydrogen) atoms. The predicted molar refractivity (Wildman–Crippen MR) is 143 cm³/mol. The predicted octanol–water partition coefficient (Wildman–Crippen LogP) is 5.32. The van der Waals surface area contributed by atoms with Crippen molar-refractivity contribution in [2.75, 3.05) is 13.2 Å². The monoisotopic (exact) mass is 498 g/mol. The highest BCUT2D eigenvalue weighted by Gasteiger charge is 2.27. The molecule has 1 aliphatic rings. The molecule has 184 valence electrons. The van der Waals surface area contributed by atoms with Crippen LogP contribution in [0.25, 0.3) is 5.69 Å². The topological polar surface area (TPSA) is 60.2 Å². The second-order valence-electron chi connectivity index (χ2n) is 8.86. The number of rotatable bonds is 8. The van der Waals surface area contributed by atoms with E-state index in [4.69, 9.17) is 4.74 Å². The molecule has 1 unspecified atom stereocenters. The lowest BCUT2D eigenvalue weighted by molar-refractivity contribution is -0.131. The van der Waals surface area contributed by atoms with Gasteiger partial charge in [-0.15, -0.1) is 10.2 Å². The molecule has 1 atom stereocenters. The molecule has 0 N–H and O–H groups in total. The molecule has 7 heteroatoms. The van der Waals surface area contributed by atoms with E-state index in [0.29, 0.717) is 24.7 Å². The van der Waals surface area contributed by atoms with Crippen LogP contribution in [-0.4, -0.2) is 44.0 Å². The maximum absolute atomic E-state index is 13.4. The molecule has 0 aliphatic carbocycles. The molecule has 0 bridgehead atoms. The van der Waals surface area contributed by atoms with Crippen molar-refractivity contribution in [1.29, 1.82) is 0 Å². The first-order valence-electron chi connectivity index (χ1n) is 12.4. The highest BCUT2D eigenvalue weighted by Crippen LogP contribution is 2.30. The Morgan fingerprint density at radius 3 is 2.44 bits per heavy atom. The Hall–Kier alpha value is -3.58. The van der Waals surface area contributed by atoms with Crippen LogP contribution in [0.2, 0.25) is 0 Å². The van der Waals surface area contributed by atoms with E-state index < -0.39 is 0 Å². The molecule has 0 radical (unpaired) electrons. The van der Waals surface area contributed by atoms with Crippen molar-refractivity contribution in [1.82, 2.24) is 19.7 Å². The Morgan fingerprint density at radius 2 is 1.69 bits per heavy atom. The van der Waals surface area contributed by atoms with E-state index in [-0.39, 0.29) is 11.2 Å².